The van der Waals surface area contributed by atoms with Crippen molar-refractivity contribution < 1.29 is 4.52 Å². The minimum Gasteiger partial charge on any atom is -0.353 e. The lowest BCUT2D eigenvalue weighted by Gasteiger charge is -2.01. The van der Waals surface area contributed by atoms with Crippen molar-refractivity contribution in [3.05, 3.63) is 42.2 Å². The molecule has 4 aromatic rings. The summed E-state index contributed by atoms with van der Waals surface area (Å²) < 4.78 is 7.35. The molecule has 5 heteroatoms. The molecule has 0 spiro atoms. The van der Waals surface area contributed by atoms with Gasteiger partial charge in [0.2, 0.25) is 5.76 Å². The number of hydrogen-bond acceptors (Lipinski definition) is 4. The van der Waals surface area contributed by atoms with Gasteiger partial charge in [-0.15, -0.1) is 0 Å². The molecule has 3 heterocycles. The molecule has 0 unspecified atom stereocenters. The summed E-state index contributed by atoms with van der Waals surface area (Å²) in [5.74, 6) is 1.43. The Morgan fingerprint density at radius 1 is 1.15 bits per heavy atom. The molecule has 0 atom stereocenters. The molecule has 5 nitrogen and oxygen atoms in total. The number of fused-ring (bicyclic) bond motifs is 3. The smallest absolute Gasteiger partial charge is 0.202 e. The highest BCUT2D eigenvalue weighted by Crippen LogP contribution is 2.28. The largest absolute Gasteiger partial charge is 0.353 e. The van der Waals surface area contributed by atoms with E-state index in [9.17, 15) is 0 Å². The maximum absolute atomic E-state index is 5.32. The summed E-state index contributed by atoms with van der Waals surface area (Å²) in [6.45, 7) is 1.90. The second-order valence-corrected chi connectivity index (χ2v) is 4.84. The Bertz CT molecular complexity index is 936. The van der Waals surface area contributed by atoms with Gasteiger partial charge < -0.3 is 9.09 Å². The molecule has 0 saturated heterocycles. The van der Waals surface area contributed by atoms with Crippen LogP contribution in [0.15, 0.2) is 41.1 Å². The fourth-order valence-electron chi connectivity index (χ4n) is 2.53. The first kappa shape index (κ1) is 11.2. The van der Waals surface area contributed by atoms with Crippen LogP contribution >= 0.6 is 0 Å². The van der Waals surface area contributed by atoms with Crippen molar-refractivity contribution in [2.24, 2.45) is 7.05 Å². The summed E-state index contributed by atoms with van der Waals surface area (Å²) in [6.07, 6.45) is 1.80. The van der Waals surface area contributed by atoms with Crippen LogP contribution in [0.25, 0.3) is 33.5 Å². The highest BCUT2D eigenvalue weighted by molar-refractivity contribution is 6.03. The number of rotatable bonds is 1. The quantitative estimate of drug-likeness (QED) is 0.530. The van der Waals surface area contributed by atoms with Gasteiger partial charge in [0.05, 0.1) is 22.9 Å². The van der Waals surface area contributed by atoms with E-state index in [4.69, 9.17) is 4.52 Å². The minimum absolute atomic E-state index is 0.672. The second-order valence-electron chi connectivity index (χ2n) is 4.84. The van der Waals surface area contributed by atoms with Crippen molar-refractivity contribution in [2.75, 3.05) is 0 Å². The van der Waals surface area contributed by atoms with Gasteiger partial charge in [0, 0.05) is 18.5 Å². The summed E-state index contributed by atoms with van der Waals surface area (Å²) >= 11 is 0. The third-order valence-corrected chi connectivity index (χ3v) is 3.46. The van der Waals surface area contributed by atoms with E-state index in [1.807, 2.05) is 42.8 Å². The molecule has 0 aliphatic rings. The Morgan fingerprint density at radius 3 is 2.80 bits per heavy atom. The number of nitrogens with zero attached hydrogens (tertiary/aromatic N) is 4. The van der Waals surface area contributed by atoms with E-state index in [1.165, 1.54) is 0 Å². The first-order chi connectivity index (χ1) is 9.74. The molecule has 0 fully saturated rings. The van der Waals surface area contributed by atoms with Gasteiger partial charge in [0.25, 0.3) is 0 Å². The zero-order valence-corrected chi connectivity index (χ0v) is 11.2. The predicted octanol–water partition coefficient (Wildman–Crippen LogP) is 3.08. The van der Waals surface area contributed by atoms with E-state index >= 15 is 0 Å². The lowest BCUT2D eigenvalue weighted by atomic mass is 10.2. The zero-order valence-electron chi connectivity index (χ0n) is 11.2. The van der Waals surface area contributed by atoms with Crippen molar-refractivity contribution in [1.82, 2.24) is 19.7 Å². The molecule has 0 bridgehead atoms. The molecule has 0 aliphatic heterocycles. The van der Waals surface area contributed by atoms with Crippen molar-refractivity contribution in [1.29, 1.82) is 0 Å². The number of imidazole rings is 1. The molecular weight excluding hydrogens is 252 g/mol. The lowest BCUT2D eigenvalue weighted by molar-refractivity contribution is 0.423. The topological polar surface area (TPSA) is 56.7 Å². The van der Waals surface area contributed by atoms with E-state index in [0.717, 1.165) is 33.5 Å². The maximum Gasteiger partial charge on any atom is 0.202 e. The van der Waals surface area contributed by atoms with Gasteiger partial charge in [0.1, 0.15) is 5.52 Å². The third-order valence-electron chi connectivity index (χ3n) is 3.46. The van der Waals surface area contributed by atoms with Crippen molar-refractivity contribution in [2.45, 2.75) is 6.92 Å². The van der Waals surface area contributed by atoms with Crippen LogP contribution in [-0.2, 0) is 7.05 Å². The minimum atomic E-state index is 0.672. The highest BCUT2D eigenvalue weighted by Gasteiger charge is 2.15. The van der Waals surface area contributed by atoms with Gasteiger partial charge >= 0.3 is 0 Å². The molecule has 98 valence electrons. The molecule has 20 heavy (non-hydrogen) atoms. The van der Waals surface area contributed by atoms with Gasteiger partial charge in [0.15, 0.2) is 5.82 Å². The Labute approximate surface area is 114 Å². The number of aryl methyl sites for hydroxylation is 2. The van der Waals surface area contributed by atoms with Crippen LogP contribution in [-0.4, -0.2) is 19.7 Å². The van der Waals surface area contributed by atoms with E-state index in [0.29, 0.717) is 5.76 Å². The van der Waals surface area contributed by atoms with Gasteiger partial charge in [-0.1, -0.05) is 23.4 Å². The van der Waals surface area contributed by atoms with Gasteiger partial charge in [-0.25, -0.2) is 4.98 Å². The van der Waals surface area contributed by atoms with E-state index in [1.54, 1.807) is 6.20 Å². The average Bonchev–Trinajstić information content (AvgIpc) is 3.03. The van der Waals surface area contributed by atoms with Crippen LogP contribution in [0.4, 0.5) is 0 Å². The van der Waals surface area contributed by atoms with Gasteiger partial charge in [-0.05, 0) is 13.0 Å². The molecule has 3 aromatic heterocycles. The Hall–Kier alpha value is -2.69. The fraction of sp³-hybridized carbons (Fsp3) is 0.133. The van der Waals surface area contributed by atoms with Crippen LogP contribution in [0.2, 0.25) is 0 Å². The summed E-state index contributed by atoms with van der Waals surface area (Å²) in [5.41, 5.74) is 3.72. The summed E-state index contributed by atoms with van der Waals surface area (Å²) in [5, 5.41) is 5.01. The second kappa shape index (κ2) is 3.90. The van der Waals surface area contributed by atoms with Gasteiger partial charge in [-0.2, -0.15) is 0 Å². The van der Waals surface area contributed by atoms with Crippen molar-refractivity contribution in [3.8, 4) is 11.6 Å². The van der Waals surface area contributed by atoms with E-state index in [-0.39, 0.29) is 0 Å². The number of benzene rings is 1. The summed E-state index contributed by atoms with van der Waals surface area (Å²) in [6, 6.07) is 9.94. The molecule has 0 aliphatic carbocycles. The molecule has 0 radical (unpaired) electrons. The Morgan fingerprint density at radius 2 is 2.00 bits per heavy atom. The first-order valence-electron chi connectivity index (χ1n) is 6.38. The Kier molecular flexibility index (Phi) is 2.18. The van der Waals surface area contributed by atoms with Crippen LogP contribution in [0.5, 0.6) is 0 Å². The highest BCUT2D eigenvalue weighted by atomic mass is 16.5. The fourth-order valence-corrected chi connectivity index (χ4v) is 2.53. The van der Waals surface area contributed by atoms with Crippen LogP contribution in [0, 0.1) is 6.92 Å². The van der Waals surface area contributed by atoms with Crippen molar-refractivity contribution >= 4 is 21.9 Å². The van der Waals surface area contributed by atoms with Crippen LogP contribution < -0.4 is 0 Å². The van der Waals surface area contributed by atoms with Crippen LogP contribution in [0.1, 0.15) is 5.69 Å². The average molecular weight is 264 g/mol. The predicted molar refractivity (Wildman–Crippen MR) is 76.2 cm³/mol. The standard InChI is InChI=1S/C15H12N4O/c1-9-7-13(20-18-9)15-17-12-8-16-11-6-4-3-5-10(11)14(12)19(15)2/h3-8H,1-2H3. The monoisotopic (exact) mass is 264 g/mol. The molecule has 0 N–H and O–H groups in total. The lowest BCUT2D eigenvalue weighted by Crippen LogP contribution is -1.92. The van der Waals surface area contributed by atoms with Crippen LogP contribution in [0.3, 0.4) is 0 Å². The number of pyridine rings is 1. The number of para-hydroxylation sites is 1. The zero-order chi connectivity index (χ0) is 13.7. The molecule has 1 aromatic carbocycles. The summed E-state index contributed by atoms with van der Waals surface area (Å²) in [4.78, 5) is 9.05. The van der Waals surface area contributed by atoms with E-state index < -0.39 is 0 Å². The molecular formula is C15H12N4O. The first-order valence-corrected chi connectivity index (χ1v) is 6.38. The number of hydrogen-bond donors (Lipinski definition) is 0. The molecule has 0 amide bonds. The SMILES string of the molecule is Cc1cc(-c2nc3cnc4ccccc4c3n2C)on1. The molecule has 0 saturated carbocycles. The van der Waals surface area contributed by atoms with Crippen molar-refractivity contribution in [3.63, 3.8) is 0 Å². The molecule has 4 rings (SSSR count). The Balaban J connectivity index is 2.10. The maximum atomic E-state index is 5.32. The van der Waals surface area contributed by atoms with Gasteiger partial charge in [-0.3, -0.25) is 4.98 Å². The van der Waals surface area contributed by atoms with E-state index in [2.05, 4.69) is 21.2 Å². The third kappa shape index (κ3) is 1.46. The summed E-state index contributed by atoms with van der Waals surface area (Å²) in [7, 11) is 1.98. The number of aromatic nitrogens is 4. The normalized spacial score (nSPS) is 11.5.